The molecule has 1 fully saturated rings. The highest BCUT2D eigenvalue weighted by atomic mass is 35.5. The minimum absolute atomic E-state index is 0.460. The third-order valence-electron chi connectivity index (χ3n) is 4.14. The van der Waals surface area contributed by atoms with Gasteiger partial charge in [-0.25, -0.2) is 19.9 Å². The number of rotatable bonds is 2. The minimum Gasteiger partial charge on any atom is -0.351 e. The number of fused-ring (bicyclic) bond motifs is 1. The van der Waals surface area contributed by atoms with E-state index in [1.807, 2.05) is 32.0 Å². The highest BCUT2D eigenvalue weighted by molar-refractivity contribution is 6.29. The van der Waals surface area contributed by atoms with Gasteiger partial charge in [0.05, 0.1) is 12.4 Å². The molecule has 1 saturated heterocycles. The summed E-state index contributed by atoms with van der Waals surface area (Å²) < 4.78 is 0. The predicted octanol–water partition coefficient (Wildman–Crippen LogP) is 2.97. The molecule has 0 unspecified atom stereocenters. The van der Waals surface area contributed by atoms with Crippen molar-refractivity contribution < 1.29 is 0 Å². The smallest absolute Gasteiger partial charge is 0.162 e. The lowest BCUT2D eigenvalue weighted by atomic mass is 10.2. The Morgan fingerprint density at radius 3 is 2.67 bits per heavy atom. The summed E-state index contributed by atoms with van der Waals surface area (Å²) in [6, 6.07) is 7.84. The van der Waals surface area contributed by atoms with E-state index in [9.17, 15) is 0 Å². The molecule has 4 rings (SSSR count). The average Bonchev–Trinajstić information content (AvgIpc) is 3.03. The van der Waals surface area contributed by atoms with E-state index in [4.69, 9.17) is 11.6 Å². The number of aromatic nitrogens is 4. The lowest BCUT2D eigenvalue weighted by molar-refractivity contribution is 0.897. The van der Waals surface area contributed by atoms with Gasteiger partial charge in [0.25, 0.3) is 0 Å². The van der Waals surface area contributed by atoms with Crippen LogP contribution in [0.25, 0.3) is 11.0 Å². The molecular formula is C17H17ClN6. The Bertz CT molecular complexity index is 892. The van der Waals surface area contributed by atoms with Crippen LogP contribution in [0.5, 0.6) is 0 Å². The first-order valence-electron chi connectivity index (χ1n) is 7.83. The molecule has 24 heavy (non-hydrogen) atoms. The van der Waals surface area contributed by atoms with Gasteiger partial charge < -0.3 is 9.80 Å². The SMILES string of the molecule is Cc1cc(N2CCN(c3ccnc4nc(Cl)ccc34)C2)nc(C)n1. The Balaban J connectivity index is 1.65. The van der Waals surface area contributed by atoms with Crippen molar-refractivity contribution in [1.82, 2.24) is 19.9 Å². The third-order valence-corrected chi connectivity index (χ3v) is 4.36. The van der Waals surface area contributed by atoms with Crippen molar-refractivity contribution >= 4 is 34.1 Å². The number of nitrogens with zero attached hydrogens (tertiary/aromatic N) is 6. The van der Waals surface area contributed by atoms with Crippen molar-refractivity contribution in [3.05, 3.63) is 47.1 Å². The zero-order chi connectivity index (χ0) is 16.7. The molecular weight excluding hydrogens is 324 g/mol. The third kappa shape index (κ3) is 2.73. The van der Waals surface area contributed by atoms with Crippen LogP contribution in [0, 0.1) is 13.8 Å². The molecule has 0 aromatic carbocycles. The molecule has 0 amide bonds. The monoisotopic (exact) mass is 340 g/mol. The molecule has 7 heteroatoms. The first-order chi connectivity index (χ1) is 11.6. The van der Waals surface area contributed by atoms with Gasteiger partial charge in [0, 0.05) is 36.4 Å². The Morgan fingerprint density at radius 1 is 1.00 bits per heavy atom. The van der Waals surface area contributed by atoms with Crippen molar-refractivity contribution in [1.29, 1.82) is 0 Å². The molecule has 3 aromatic heterocycles. The molecule has 4 heterocycles. The quantitative estimate of drug-likeness (QED) is 0.668. The maximum Gasteiger partial charge on any atom is 0.162 e. The molecule has 0 saturated carbocycles. The summed E-state index contributed by atoms with van der Waals surface area (Å²) in [6.07, 6.45) is 1.78. The van der Waals surface area contributed by atoms with Gasteiger partial charge in [-0.2, -0.15) is 0 Å². The van der Waals surface area contributed by atoms with Crippen LogP contribution in [0.2, 0.25) is 5.15 Å². The van der Waals surface area contributed by atoms with E-state index in [0.717, 1.165) is 48.2 Å². The summed E-state index contributed by atoms with van der Waals surface area (Å²) in [6.45, 7) is 6.54. The second kappa shape index (κ2) is 5.87. The molecule has 6 nitrogen and oxygen atoms in total. The predicted molar refractivity (Wildman–Crippen MR) is 95.6 cm³/mol. The fourth-order valence-electron chi connectivity index (χ4n) is 3.10. The molecule has 0 radical (unpaired) electrons. The second-order valence-corrected chi connectivity index (χ2v) is 6.31. The van der Waals surface area contributed by atoms with E-state index in [0.29, 0.717) is 10.8 Å². The topological polar surface area (TPSA) is 58.0 Å². The van der Waals surface area contributed by atoms with Gasteiger partial charge in [0.15, 0.2) is 5.65 Å². The number of hydrogen-bond acceptors (Lipinski definition) is 6. The van der Waals surface area contributed by atoms with Crippen molar-refractivity contribution in [2.75, 3.05) is 29.6 Å². The van der Waals surface area contributed by atoms with E-state index in [2.05, 4.69) is 29.7 Å². The Morgan fingerprint density at radius 2 is 1.83 bits per heavy atom. The number of aryl methyl sites for hydroxylation is 2. The Hall–Kier alpha value is -2.47. The zero-order valence-electron chi connectivity index (χ0n) is 13.6. The van der Waals surface area contributed by atoms with E-state index in [1.54, 1.807) is 12.3 Å². The van der Waals surface area contributed by atoms with Crippen molar-refractivity contribution in [2.45, 2.75) is 13.8 Å². The normalized spacial score (nSPS) is 14.6. The number of hydrogen-bond donors (Lipinski definition) is 0. The summed E-state index contributed by atoms with van der Waals surface area (Å²) in [4.78, 5) is 22.1. The molecule has 0 spiro atoms. The van der Waals surface area contributed by atoms with Crippen LogP contribution in [0.15, 0.2) is 30.5 Å². The second-order valence-electron chi connectivity index (χ2n) is 5.92. The van der Waals surface area contributed by atoms with E-state index in [-0.39, 0.29) is 0 Å². The van der Waals surface area contributed by atoms with Crippen molar-refractivity contribution in [3.63, 3.8) is 0 Å². The number of pyridine rings is 2. The minimum atomic E-state index is 0.460. The van der Waals surface area contributed by atoms with Crippen LogP contribution < -0.4 is 9.80 Å². The molecule has 1 aliphatic heterocycles. The van der Waals surface area contributed by atoms with E-state index in [1.165, 1.54) is 0 Å². The first-order valence-corrected chi connectivity index (χ1v) is 8.21. The largest absolute Gasteiger partial charge is 0.351 e. The van der Waals surface area contributed by atoms with E-state index < -0.39 is 0 Å². The standard InChI is InChI=1S/C17H17ClN6/c1-11-9-16(21-12(2)20-11)24-8-7-23(10-24)14-5-6-19-17-13(14)3-4-15(18)22-17/h3-6,9H,7-8,10H2,1-2H3. The maximum atomic E-state index is 5.98. The van der Waals surface area contributed by atoms with Crippen LogP contribution in [-0.2, 0) is 0 Å². The Kier molecular flexibility index (Phi) is 3.69. The summed E-state index contributed by atoms with van der Waals surface area (Å²) in [5, 5.41) is 1.47. The van der Waals surface area contributed by atoms with Crippen molar-refractivity contribution in [3.8, 4) is 0 Å². The van der Waals surface area contributed by atoms with Crippen molar-refractivity contribution in [2.24, 2.45) is 0 Å². The summed E-state index contributed by atoms with van der Waals surface area (Å²) >= 11 is 5.98. The molecule has 0 N–H and O–H groups in total. The summed E-state index contributed by atoms with van der Waals surface area (Å²) in [7, 11) is 0. The molecule has 0 aliphatic carbocycles. The van der Waals surface area contributed by atoms with Gasteiger partial charge in [-0.05, 0) is 32.0 Å². The first kappa shape index (κ1) is 15.1. The van der Waals surface area contributed by atoms with Gasteiger partial charge in [0.2, 0.25) is 0 Å². The van der Waals surface area contributed by atoms with Gasteiger partial charge in [-0.15, -0.1) is 0 Å². The van der Waals surface area contributed by atoms with Crippen LogP contribution in [0.1, 0.15) is 11.5 Å². The fraction of sp³-hybridized carbons (Fsp3) is 0.294. The highest BCUT2D eigenvalue weighted by Crippen LogP contribution is 2.28. The van der Waals surface area contributed by atoms with Crippen LogP contribution in [0.4, 0.5) is 11.5 Å². The van der Waals surface area contributed by atoms with Gasteiger partial charge in [-0.1, -0.05) is 11.6 Å². The zero-order valence-corrected chi connectivity index (χ0v) is 14.3. The highest BCUT2D eigenvalue weighted by Gasteiger charge is 2.23. The van der Waals surface area contributed by atoms with Gasteiger partial charge in [-0.3, -0.25) is 0 Å². The lowest BCUT2D eigenvalue weighted by Crippen LogP contribution is -2.26. The fourth-order valence-corrected chi connectivity index (χ4v) is 3.24. The van der Waals surface area contributed by atoms with Gasteiger partial charge in [0.1, 0.15) is 16.8 Å². The Labute approximate surface area is 145 Å². The molecule has 122 valence electrons. The van der Waals surface area contributed by atoms with Crippen LogP contribution >= 0.6 is 11.6 Å². The summed E-state index contributed by atoms with van der Waals surface area (Å²) in [5.41, 5.74) is 2.78. The van der Waals surface area contributed by atoms with Crippen LogP contribution in [-0.4, -0.2) is 39.7 Å². The maximum absolute atomic E-state index is 5.98. The molecule has 1 aliphatic rings. The summed E-state index contributed by atoms with van der Waals surface area (Å²) in [5.74, 6) is 1.78. The van der Waals surface area contributed by atoms with E-state index >= 15 is 0 Å². The number of anilines is 2. The average molecular weight is 341 g/mol. The van der Waals surface area contributed by atoms with Crippen LogP contribution in [0.3, 0.4) is 0 Å². The molecule has 3 aromatic rings. The molecule has 0 atom stereocenters. The van der Waals surface area contributed by atoms with Gasteiger partial charge >= 0.3 is 0 Å². The lowest BCUT2D eigenvalue weighted by Gasteiger charge is -2.22. The molecule has 0 bridgehead atoms. The number of halogens is 1.